The minimum atomic E-state index is -0.861. The first-order valence-electron chi connectivity index (χ1n) is 6.42. The molecular weight excluding hydrogens is 244 g/mol. The second kappa shape index (κ2) is 5.73. The summed E-state index contributed by atoms with van der Waals surface area (Å²) in [6.45, 7) is 2.58. The van der Waals surface area contributed by atoms with Crippen molar-refractivity contribution in [1.82, 2.24) is 4.90 Å². The Hall–Kier alpha value is -2.04. The lowest BCUT2D eigenvalue weighted by atomic mass is 10.1. The summed E-state index contributed by atoms with van der Waals surface area (Å²) >= 11 is 0. The van der Waals surface area contributed by atoms with Gasteiger partial charge in [0.15, 0.2) is 0 Å². The van der Waals surface area contributed by atoms with Gasteiger partial charge in [-0.1, -0.05) is 12.1 Å². The zero-order valence-corrected chi connectivity index (χ0v) is 10.9. The number of benzene rings is 1. The number of hydrogen-bond donors (Lipinski definition) is 2. The van der Waals surface area contributed by atoms with Crippen molar-refractivity contribution < 1.29 is 14.7 Å². The third-order valence-electron chi connectivity index (χ3n) is 3.32. The lowest BCUT2D eigenvalue weighted by molar-refractivity contribution is -0.137. The molecule has 1 unspecified atom stereocenters. The van der Waals surface area contributed by atoms with Crippen molar-refractivity contribution >= 4 is 17.7 Å². The van der Waals surface area contributed by atoms with Crippen molar-refractivity contribution in [2.24, 2.45) is 0 Å². The number of carboxylic acid groups (broad SMARTS) is 1. The predicted octanol–water partition coefficient (Wildman–Crippen LogP) is 2.47. The molecule has 5 nitrogen and oxygen atoms in total. The number of anilines is 1. The van der Waals surface area contributed by atoms with E-state index in [1.54, 1.807) is 4.90 Å². The molecule has 1 aliphatic heterocycles. The predicted molar refractivity (Wildman–Crippen MR) is 72.2 cm³/mol. The van der Waals surface area contributed by atoms with Crippen LogP contribution in [0.2, 0.25) is 0 Å². The summed E-state index contributed by atoms with van der Waals surface area (Å²) in [5.41, 5.74) is 1.81. The fourth-order valence-electron chi connectivity index (χ4n) is 2.43. The van der Waals surface area contributed by atoms with Gasteiger partial charge >= 0.3 is 12.0 Å². The Balaban J connectivity index is 2.01. The average Bonchev–Trinajstić information content (AvgIpc) is 2.76. The third-order valence-corrected chi connectivity index (χ3v) is 3.32. The Morgan fingerprint density at radius 3 is 2.95 bits per heavy atom. The molecule has 1 aliphatic rings. The minimum absolute atomic E-state index is 0.0151. The highest BCUT2D eigenvalue weighted by Crippen LogP contribution is 2.21. The molecule has 0 saturated carbocycles. The van der Waals surface area contributed by atoms with E-state index in [2.05, 4.69) is 5.32 Å². The van der Waals surface area contributed by atoms with Crippen LogP contribution in [0, 0.1) is 6.92 Å². The van der Waals surface area contributed by atoms with Gasteiger partial charge in [-0.2, -0.15) is 0 Å². The molecule has 1 aromatic carbocycles. The fourth-order valence-corrected chi connectivity index (χ4v) is 2.43. The molecule has 1 aromatic rings. The maximum Gasteiger partial charge on any atom is 0.322 e. The SMILES string of the molecule is Cc1cccc(NC(=O)N2CCCC2CC(=O)O)c1. The molecule has 1 fully saturated rings. The van der Waals surface area contributed by atoms with Gasteiger partial charge in [0.05, 0.1) is 6.42 Å². The van der Waals surface area contributed by atoms with Crippen LogP contribution in [0.15, 0.2) is 24.3 Å². The number of aryl methyl sites for hydroxylation is 1. The van der Waals surface area contributed by atoms with Gasteiger partial charge in [0.25, 0.3) is 0 Å². The molecule has 5 heteroatoms. The molecule has 19 heavy (non-hydrogen) atoms. The normalized spacial score (nSPS) is 18.4. The number of rotatable bonds is 3. The molecule has 0 aromatic heterocycles. The van der Waals surface area contributed by atoms with Crippen LogP contribution in [0.4, 0.5) is 10.5 Å². The van der Waals surface area contributed by atoms with Gasteiger partial charge in [-0.15, -0.1) is 0 Å². The molecule has 1 heterocycles. The van der Waals surface area contributed by atoms with E-state index in [0.29, 0.717) is 6.54 Å². The second-order valence-corrected chi connectivity index (χ2v) is 4.89. The number of urea groups is 1. The lowest BCUT2D eigenvalue weighted by Gasteiger charge is -2.23. The van der Waals surface area contributed by atoms with Crippen LogP contribution in [-0.2, 0) is 4.79 Å². The zero-order chi connectivity index (χ0) is 13.8. The van der Waals surface area contributed by atoms with Gasteiger partial charge in [0.1, 0.15) is 0 Å². The third kappa shape index (κ3) is 3.47. The Kier molecular flexibility index (Phi) is 4.04. The minimum Gasteiger partial charge on any atom is -0.481 e. The first kappa shape index (κ1) is 13.4. The van der Waals surface area contributed by atoms with Crippen LogP contribution in [0.25, 0.3) is 0 Å². The van der Waals surface area contributed by atoms with Crippen molar-refractivity contribution in [2.75, 3.05) is 11.9 Å². The smallest absolute Gasteiger partial charge is 0.322 e. The van der Waals surface area contributed by atoms with E-state index in [-0.39, 0.29) is 18.5 Å². The lowest BCUT2D eigenvalue weighted by Crippen LogP contribution is -2.39. The summed E-state index contributed by atoms with van der Waals surface area (Å²) < 4.78 is 0. The maximum absolute atomic E-state index is 12.1. The maximum atomic E-state index is 12.1. The molecule has 1 atom stereocenters. The van der Waals surface area contributed by atoms with Crippen LogP contribution >= 0.6 is 0 Å². The number of amides is 2. The number of nitrogens with zero attached hydrogens (tertiary/aromatic N) is 1. The number of hydrogen-bond acceptors (Lipinski definition) is 2. The number of nitrogens with one attached hydrogen (secondary N) is 1. The first-order valence-corrected chi connectivity index (χ1v) is 6.42. The van der Waals surface area contributed by atoms with E-state index in [1.807, 2.05) is 31.2 Å². The van der Waals surface area contributed by atoms with E-state index in [9.17, 15) is 9.59 Å². The number of likely N-dealkylation sites (tertiary alicyclic amines) is 1. The summed E-state index contributed by atoms with van der Waals surface area (Å²) in [5.74, 6) is -0.861. The Morgan fingerprint density at radius 1 is 1.47 bits per heavy atom. The molecule has 2 N–H and O–H groups in total. The van der Waals surface area contributed by atoms with Gasteiger partial charge in [-0.3, -0.25) is 4.79 Å². The second-order valence-electron chi connectivity index (χ2n) is 4.89. The standard InChI is InChI=1S/C14H18N2O3/c1-10-4-2-5-11(8-10)15-14(19)16-7-3-6-12(16)9-13(17)18/h2,4-5,8,12H,3,6-7,9H2,1H3,(H,15,19)(H,17,18). The van der Waals surface area contributed by atoms with Gasteiger partial charge in [-0.05, 0) is 37.5 Å². The van der Waals surface area contributed by atoms with Crippen molar-refractivity contribution in [3.63, 3.8) is 0 Å². The molecule has 2 amide bonds. The number of carbonyl (C=O) groups is 2. The van der Waals surface area contributed by atoms with Crippen molar-refractivity contribution in [3.8, 4) is 0 Å². The Labute approximate surface area is 112 Å². The van der Waals surface area contributed by atoms with E-state index < -0.39 is 5.97 Å². The molecule has 0 bridgehead atoms. The van der Waals surface area contributed by atoms with Crippen LogP contribution in [-0.4, -0.2) is 34.6 Å². The molecular formula is C14H18N2O3. The monoisotopic (exact) mass is 262 g/mol. The summed E-state index contributed by atoms with van der Waals surface area (Å²) in [4.78, 5) is 24.5. The summed E-state index contributed by atoms with van der Waals surface area (Å²) in [6.07, 6.45) is 1.63. The molecule has 2 rings (SSSR count). The van der Waals surface area contributed by atoms with E-state index in [1.165, 1.54) is 0 Å². The van der Waals surface area contributed by atoms with Gasteiger partial charge < -0.3 is 15.3 Å². The molecule has 0 radical (unpaired) electrons. The van der Waals surface area contributed by atoms with Crippen LogP contribution in [0.5, 0.6) is 0 Å². The number of carbonyl (C=O) groups excluding carboxylic acids is 1. The van der Waals surface area contributed by atoms with Gasteiger partial charge in [-0.25, -0.2) is 4.79 Å². The summed E-state index contributed by atoms with van der Waals surface area (Å²) in [5, 5.41) is 11.7. The van der Waals surface area contributed by atoms with Crippen molar-refractivity contribution in [3.05, 3.63) is 29.8 Å². The summed E-state index contributed by atoms with van der Waals surface area (Å²) in [6, 6.07) is 7.15. The largest absolute Gasteiger partial charge is 0.481 e. The van der Waals surface area contributed by atoms with Crippen molar-refractivity contribution in [1.29, 1.82) is 0 Å². The van der Waals surface area contributed by atoms with E-state index in [4.69, 9.17) is 5.11 Å². The average molecular weight is 262 g/mol. The molecule has 0 aliphatic carbocycles. The van der Waals surface area contributed by atoms with Crippen LogP contribution in [0.3, 0.4) is 0 Å². The van der Waals surface area contributed by atoms with Gasteiger partial charge in [0, 0.05) is 18.3 Å². The Morgan fingerprint density at radius 2 is 2.26 bits per heavy atom. The van der Waals surface area contributed by atoms with Gasteiger partial charge in [0.2, 0.25) is 0 Å². The quantitative estimate of drug-likeness (QED) is 0.879. The topological polar surface area (TPSA) is 69.6 Å². The molecule has 1 saturated heterocycles. The highest BCUT2D eigenvalue weighted by atomic mass is 16.4. The van der Waals surface area contributed by atoms with E-state index in [0.717, 1.165) is 24.1 Å². The fraction of sp³-hybridized carbons (Fsp3) is 0.429. The highest BCUT2D eigenvalue weighted by molar-refractivity contribution is 5.90. The highest BCUT2D eigenvalue weighted by Gasteiger charge is 2.30. The zero-order valence-electron chi connectivity index (χ0n) is 10.9. The first-order chi connectivity index (χ1) is 9.06. The number of aliphatic carboxylic acids is 1. The van der Waals surface area contributed by atoms with Crippen molar-refractivity contribution in [2.45, 2.75) is 32.2 Å². The van der Waals surface area contributed by atoms with Crippen LogP contribution < -0.4 is 5.32 Å². The summed E-state index contributed by atoms with van der Waals surface area (Å²) in [7, 11) is 0. The molecule has 102 valence electrons. The van der Waals surface area contributed by atoms with E-state index >= 15 is 0 Å². The number of carboxylic acids is 1. The molecule has 0 spiro atoms. The van der Waals surface area contributed by atoms with Crippen LogP contribution in [0.1, 0.15) is 24.8 Å². The Bertz CT molecular complexity index is 487.